The van der Waals surface area contributed by atoms with Crippen LogP contribution in [0.5, 0.6) is 11.6 Å². The number of benzene rings is 1. The Hall–Kier alpha value is -1.92. The van der Waals surface area contributed by atoms with E-state index in [0.29, 0.717) is 18.2 Å². The molecule has 0 aliphatic carbocycles. The molecule has 0 saturated carbocycles. The van der Waals surface area contributed by atoms with Crippen LogP contribution in [0, 0.1) is 5.82 Å². The summed E-state index contributed by atoms with van der Waals surface area (Å²) in [5.41, 5.74) is 0.948. The fourth-order valence-electron chi connectivity index (χ4n) is 2.08. The molecule has 0 bridgehead atoms. The van der Waals surface area contributed by atoms with Crippen molar-refractivity contribution in [2.75, 3.05) is 6.54 Å². The van der Waals surface area contributed by atoms with Gasteiger partial charge in [0.25, 0.3) is 0 Å². The zero-order valence-electron chi connectivity index (χ0n) is 11.7. The molecular weight excluding hydrogens is 289 g/mol. The van der Waals surface area contributed by atoms with E-state index in [1.807, 2.05) is 16.0 Å². The van der Waals surface area contributed by atoms with Gasteiger partial charge in [0.1, 0.15) is 17.3 Å². The van der Waals surface area contributed by atoms with Crippen LogP contribution in [0.1, 0.15) is 19.0 Å². The van der Waals surface area contributed by atoms with Crippen LogP contribution in [0.3, 0.4) is 0 Å². The third-order valence-electron chi connectivity index (χ3n) is 3.05. The van der Waals surface area contributed by atoms with Crippen molar-refractivity contribution in [2.24, 2.45) is 0 Å². The van der Waals surface area contributed by atoms with Crippen molar-refractivity contribution >= 4 is 16.3 Å². The topological polar surface area (TPSA) is 38.6 Å². The lowest BCUT2D eigenvalue weighted by Crippen LogP contribution is -2.15. The lowest BCUT2D eigenvalue weighted by atomic mass is 10.3. The number of nitrogens with one attached hydrogen (secondary N) is 1. The number of fused-ring (bicyclic) bond motifs is 1. The van der Waals surface area contributed by atoms with Crippen LogP contribution < -0.4 is 10.1 Å². The fourth-order valence-corrected chi connectivity index (χ4v) is 2.81. The highest BCUT2D eigenvalue weighted by Gasteiger charge is 2.15. The van der Waals surface area contributed by atoms with Crippen LogP contribution in [0.4, 0.5) is 4.39 Å². The molecule has 1 N–H and O–H groups in total. The molecule has 110 valence electrons. The summed E-state index contributed by atoms with van der Waals surface area (Å²) in [4.78, 5) is 5.34. The lowest BCUT2D eigenvalue weighted by Gasteiger charge is -2.07. The van der Waals surface area contributed by atoms with E-state index in [1.54, 1.807) is 23.5 Å². The van der Waals surface area contributed by atoms with E-state index >= 15 is 0 Å². The maximum Gasteiger partial charge on any atom is 0.243 e. The predicted octanol–water partition coefficient (Wildman–Crippen LogP) is 3.83. The summed E-state index contributed by atoms with van der Waals surface area (Å²) in [5.74, 6) is 0.660. The van der Waals surface area contributed by atoms with Gasteiger partial charge in [-0.3, -0.25) is 4.40 Å². The largest absolute Gasteiger partial charge is 0.437 e. The number of aromatic nitrogens is 2. The van der Waals surface area contributed by atoms with Crippen LogP contribution >= 0.6 is 11.3 Å². The molecule has 2 aromatic heterocycles. The Morgan fingerprint density at radius 3 is 3.14 bits per heavy atom. The van der Waals surface area contributed by atoms with E-state index in [4.69, 9.17) is 4.74 Å². The summed E-state index contributed by atoms with van der Waals surface area (Å²) in [6.07, 6.45) is 3.03. The molecule has 0 unspecified atom stereocenters. The second kappa shape index (κ2) is 6.24. The summed E-state index contributed by atoms with van der Waals surface area (Å²) in [7, 11) is 0. The van der Waals surface area contributed by atoms with Gasteiger partial charge in [-0.15, -0.1) is 11.3 Å². The zero-order valence-corrected chi connectivity index (χ0v) is 12.5. The molecule has 0 radical (unpaired) electrons. The minimum atomic E-state index is -0.320. The van der Waals surface area contributed by atoms with Gasteiger partial charge in [0.15, 0.2) is 4.96 Å². The van der Waals surface area contributed by atoms with Crippen molar-refractivity contribution in [3.05, 3.63) is 47.4 Å². The monoisotopic (exact) mass is 305 g/mol. The standard InChI is InChI=1S/C15H16FN3OS/c1-2-6-17-10-13-14(18-15-19(13)7-8-21-15)20-12-5-3-4-11(16)9-12/h3-5,7-9,17H,2,6,10H2,1H3. The summed E-state index contributed by atoms with van der Waals surface area (Å²) in [6, 6.07) is 6.09. The molecular formula is C15H16FN3OS. The first-order valence-corrected chi connectivity index (χ1v) is 7.74. The number of ether oxygens (including phenoxy) is 1. The number of imidazole rings is 1. The Morgan fingerprint density at radius 2 is 2.33 bits per heavy atom. The molecule has 0 aliphatic heterocycles. The van der Waals surface area contributed by atoms with Gasteiger partial charge >= 0.3 is 0 Å². The van der Waals surface area contributed by atoms with Crippen LogP contribution in [-0.2, 0) is 6.54 Å². The minimum absolute atomic E-state index is 0.320. The molecule has 21 heavy (non-hydrogen) atoms. The second-order valence-corrected chi connectivity index (χ2v) is 5.53. The molecule has 0 fully saturated rings. The van der Waals surface area contributed by atoms with Crippen LogP contribution in [-0.4, -0.2) is 15.9 Å². The van der Waals surface area contributed by atoms with Gasteiger partial charge in [-0.1, -0.05) is 13.0 Å². The van der Waals surface area contributed by atoms with Gasteiger partial charge in [0.05, 0.1) is 0 Å². The first kappa shape index (κ1) is 14.0. The smallest absolute Gasteiger partial charge is 0.243 e. The Bertz CT molecular complexity index is 737. The third-order valence-corrected chi connectivity index (χ3v) is 3.81. The molecule has 2 heterocycles. The fraction of sp³-hybridized carbons (Fsp3) is 0.267. The Kier molecular flexibility index (Phi) is 4.17. The van der Waals surface area contributed by atoms with Crippen LogP contribution in [0.2, 0.25) is 0 Å². The molecule has 3 rings (SSSR count). The molecule has 0 saturated heterocycles. The Morgan fingerprint density at radius 1 is 1.43 bits per heavy atom. The van der Waals surface area contributed by atoms with E-state index in [2.05, 4.69) is 17.2 Å². The van der Waals surface area contributed by atoms with Crippen molar-refractivity contribution in [3.8, 4) is 11.6 Å². The van der Waals surface area contributed by atoms with Crippen molar-refractivity contribution in [3.63, 3.8) is 0 Å². The molecule has 0 aliphatic rings. The first-order valence-electron chi connectivity index (χ1n) is 6.86. The number of rotatable bonds is 6. The van der Waals surface area contributed by atoms with Crippen molar-refractivity contribution < 1.29 is 9.13 Å². The van der Waals surface area contributed by atoms with Crippen molar-refractivity contribution in [2.45, 2.75) is 19.9 Å². The van der Waals surface area contributed by atoms with E-state index < -0.39 is 0 Å². The summed E-state index contributed by atoms with van der Waals surface area (Å²) in [6.45, 7) is 3.71. The van der Waals surface area contributed by atoms with E-state index in [9.17, 15) is 4.39 Å². The van der Waals surface area contributed by atoms with Gasteiger partial charge in [-0.25, -0.2) is 4.39 Å². The van der Waals surface area contributed by atoms with E-state index in [-0.39, 0.29) is 5.82 Å². The normalized spacial score (nSPS) is 11.1. The van der Waals surface area contributed by atoms with Crippen LogP contribution in [0.25, 0.3) is 4.96 Å². The molecule has 0 spiro atoms. The number of thiazole rings is 1. The molecule has 0 amide bonds. The summed E-state index contributed by atoms with van der Waals surface area (Å²) < 4.78 is 21.0. The van der Waals surface area contributed by atoms with Crippen molar-refractivity contribution in [1.82, 2.24) is 14.7 Å². The minimum Gasteiger partial charge on any atom is -0.437 e. The first-order chi connectivity index (χ1) is 10.3. The highest BCUT2D eigenvalue weighted by molar-refractivity contribution is 7.15. The molecule has 4 nitrogen and oxygen atoms in total. The maximum atomic E-state index is 13.2. The SMILES string of the molecule is CCCNCc1c(Oc2cccc(F)c2)nc2sccn12. The average molecular weight is 305 g/mol. The highest BCUT2D eigenvalue weighted by atomic mass is 32.1. The summed E-state index contributed by atoms with van der Waals surface area (Å²) >= 11 is 1.55. The third kappa shape index (κ3) is 3.06. The van der Waals surface area contributed by atoms with Gasteiger partial charge < -0.3 is 10.1 Å². The molecule has 0 atom stereocenters. The Balaban J connectivity index is 1.89. The number of hydrogen-bond donors (Lipinski definition) is 1. The number of hydrogen-bond acceptors (Lipinski definition) is 4. The van der Waals surface area contributed by atoms with Gasteiger partial charge in [-0.2, -0.15) is 4.98 Å². The zero-order chi connectivity index (χ0) is 14.7. The van der Waals surface area contributed by atoms with Gasteiger partial charge in [-0.05, 0) is 25.1 Å². The van der Waals surface area contributed by atoms with Crippen LogP contribution in [0.15, 0.2) is 35.8 Å². The quantitative estimate of drug-likeness (QED) is 0.704. The van der Waals surface area contributed by atoms with E-state index in [1.165, 1.54) is 12.1 Å². The molecule has 1 aromatic carbocycles. The number of halogens is 1. The maximum absolute atomic E-state index is 13.2. The predicted molar refractivity (Wildman–Crippen MR) is 81.5 cm³/mol. The van der Waals surface area contributed by atoms with Crippen molar-refractivity contribution in [1.29, 1.82) is 0 Å². The second-order valence-electron chi connectivity index (χ2n) is 4.66. The van der Waals surface area contributed by atoms with Gasteiger partial charge in [0.2, 0.25) is 5.88 Å². The molecule has 6 heteroatoms. The summed E-state index contributed by atoms with van der Waals surface area (Å²) in [5, 5.41) is 5.33. The number of nitrogens with zero attached hydrogens (tertiary/aromatic N) is 2. The Labute approximate surface area is 126 Å². The molecule has 3 aromatic rings. The van der Waals surface area contributed by atoms with Gasteiger partial charge in [0, 0.05) is 24.2 Å². The average Bonchev–Trinajstić information content (AvgIpc) is 3.02. The lowest BCUT2D eigenvalue weighted by molar-refractivity contribution is 0.451. The highest BCUT2D eigenvalue weighted by Crippen LogP contribution is 2.28. The van der Waals surface area contributed by atoms with E-state index in [0.717, 1.165) is 23.6 Å².